The van der Waals surface area contributed by atoms with Crippen molar-refractivity contribution in [3.05, 3.63) is 106 Å². The number of aldehydes is 1. The summed E-state index contributed by atoms with van der Waals surface area (Å²) in [4.78, 5) is 23.0. The van der Waals surface area contributed by atoms with Gasteiger partial charge in [-0.25, -0.2) is 4.98 Å². The maximum absolute atomic E-state index is 11.3. The van der Waals surface area contributed by atoms with Crippen molar-refractivity contribution in [3.63, 3.8) is 0 Å². The van der Waals surface area contributed by atoms with Crippen LogP contribution in [0.3, 0.4) is 0 Å². The second kappa shape index (κ2) is 11.5. The first-order chi connectivity index (χ1) is 21.4. The third-order valence-corrected chi connectivity index (χ3v) is 8.80. The van der Waals surface area contributed by atoms with E-state index >= 15 is 0 Å². The maximum atomic E-state index is 11.3. The Morgan fingerprint density at radius 2 is 1.80 bits per heavy atom. The van der Waals surface area contributed by atoms with Crippen LogP contribution in [-0.4, -0.2) is 45.5 Å². The fraction of sp³-hybridized carbons (Fsp3) is 0.194. The van der Waals surface area contributed by atoms with Gasteiger partial charge in [-0.2, -0.15) is 0 Å². The predicted molar refractivity (Wildman–Crippen MR) is 176 cm³/mol. The zero-order chi connectivity index (χ0) is 30.4. The summed E-state index contributed by atoms with van der Waals surface area (Å²) < 4.78 is 6.19. The number of hydrogen-bond donors (Lipinski definition) is 2. The number of fused-ring (bicyclic) bond motifs is 2. The van der Waals surface area contributed by atoms with Crippen molar-refractivity contribution < 1.29 is 14.3 Å². The van der Waals surface area contributed by atoms with E-state index in [1.165, 1.54) is 0 Å². The van der Waals surface area contributed by atoms with Crippen LogP contribution in [0.15, 0.2) is 83.5 Å². The number of aliphatic hydroxyl groups excluding tert-OH is 1. The molecule has 3 aromatic carbocycles. The predicted octanol–water partition coefficient (Wildman–Crippen LogP) is 8.10. The Labute approximate surface area is 260 Å². The van der Waals surface area contributed by atoms with E-state index in [2.05, 4.69) is 53.3 Å². The van der Waals surface area contributed by atoms with E-state index in [4.69, 9.17) is 21.0 Å². The van der Waals surface area contributed by atoms with Crippen molar-refractivity contribution in [1.29, 1.82) is 0 Å². The molecular weight excluding hydrogens is 572 g/mol. The number of likely N-dealkylation sites (tertiary alicyclic amines) is 1. The van der Waals surface area contributed by atoms with Crippen LogP contribution in [0, 0.1) is 13.8 Å². The largest absolute Gasteiger partial charge is 0.455 e. The summed E-state index contributed by atoms with van der Waals surface area (Å²) in [6, 6.07) is 21.9. The van der Waals surface area contributed by atoms with Gasteiger partial charge in [-0.1, -0.05) is 41.9 Å². The number of anilines is 2. The van der Waals surface area contributed by atoms with E-state index in [0.29, 0.717) is 34.3 Å². The number of benzene rings is 3. The van der Waals surface area contributed by atoms with Gasteiger partial charge in [-0.05, 0) is 84.5 Å². The lowest BCUT2D eigenvalue weighted by Crippen LogP contribution is -2.21. The Kier molecular flexibility index (Phi) is 7.38. The smallest absolute Gasteiger partial charge is 0.156 e. The lowest BCUT2D eigenvalue weighted by atomic mass is 9.92. The average molecular weight is 603 g/mol. The number of pyridine rings is 2. The molecule has 0 unspecified atom stereocenters. The summed E-state index contributed by atoms with van der Waals surface area (Å²) in [5.41, 5.74) is 9.24. The Bertz CT molecular complexity index is 2050. The number of carbonyl (C=O) groups is 1. The van der Waals surface area contributed by atoms with Gasteiger partial charge in [0.1, 0.15) is 17.6 Å². The molecule has 3 aromatic heterocycles. The maximum Gasteiger partial charge on any atom is 0.156 e. The zero-order valence-electron chi connectivity index (χ0n) is 24.5. The Hall–Kier alpha value is -4.56. The summed E-state index contributed by atoms with van der Waals surface area (Å²) >= 11 is 6.42. The summed E-state index contributed by atoms with van der Waals surface area (Å²) in [5, 5.41) is 15.7. The SMILES string of the molecule is Cc1c(Nc2nccc3cc(CN4CC[C@@H](O)C4)cnc23)cccc1-c1cccc(-c2cc3cc(C=O)cc(Cl)c3o2)c1C. The fourth-order valence-electron chi connectivity index (χ4n) is 6.22. The number of aromatic nitrogens is 2. The molecule has 2 N–H and O–H groups in total. The highest BCUT2D eigenvalue weighted by Gasteiger charge is 2.21. The number of nitrogens with one attached hydrogen (secondary N) is 1. The number of nitrogens with zero attached hydrogens (tertiary/aromatic N) is 3. The average Bonchev–Trinajstić information content (AvgIpc) is 3.64. The number of aliphatic hydroxyl groups is 1. The Morgan fingerprint density at radius 3 is 2.59 bits per heavy atom. The van der Waals surface area contributed by atoms with E-state index < -0.39 is 0 Å². The number of furan rings is 1. The van der Waals surface area contributed by atoms with E-state index in [1.54, 1.807) is 18.3 Å². The topological polar surface area (TPSA) is 91.5 Å². The molecule has 0 saturated carbocycles. The minimum atomic E-state index is -0.240. The molecule has 220 valence electrons. The van der Waals surface area contributed by atoms with Crippen LogP contribution >= 0.6 is 11.6 Å². The molecule has 1 aliphatic heterocycles. The number of β-amino-alcohol motifs (C(OH)–C–C–N with tert-alkyl or cyclic N) is 1. The first-order valence-corrected chi connectivity index (χ1v) is 15.0. The summed E-state index contributed by atoms with van der Waals surface area (Å²) in [6.07, 6.45) is 5.08. The molecule has 6 aromatic rings. The summed E-state index contributed by atoms with van der Waals surface area (Å²) in [6.45, 7) is 6.56. The summed E-state index contributed by atoms with van der Waals surface area (Å²) in [5.74, 6) is 1.40. The van der Waals surface area contributed by atoms with Crippen LogP contribution in [0.1, 0.15) is 33.5 Å². The van der Waals surface area contributed by atoms with Gasteiger partial charge in [0.05, 0.1) is 11.1 Å². The van der Waals surface area contributed by atoms with E-state index in [-0.39, 0.29) is 6.10 Å². The van der Waals surface area contributed by atoms with E-state index in [0.717, 1.165) is 81.2 Å². The molecule has 1 saturated heterocycles. The summed E-state index contributed by atoms with van der Waals surface area (Å²) in [7, 11) is 0. The molecular formula is C36H31ClN4O3. The highest BCUT2D eigenvalue weighted by molar-refractivity contribution is 6.35. The fourth-order valence-corrected chi connectivity index (χ4v) is 6.49. The minimum Gasteiger partial charge on any atom is -0.455 e. The van der Waals surface area contributed by atoms with Gasteiger partial charge in [0.25, 0.3) is 0 Å². The lowest BCUT2D eigenvalue weighted by Gasteiger charge is -2.17. The minimum absolute atomic E-state index is 0.240. The molecule has 0 radical (unpaired) electrons. The van der Waals surface area contributed by atoms with Gasteiger partial charge >= 0.3 is 0 Å². The monoisotopic (exact) mass is 602 g/mol. The zero-order valence-corrected chi connectivity index (χ0v) is 25.2. The standard InChI is InChI=1S/C36H31ClN4O3/c1-21-28(5-3-7-30(21)33-16-26-13-23(20-42)15-31(37)35(26)44-33)29-6-4-8-32(22(29)2)40-36-34-25(9-11-38-36)14-24(17-39-34)18-41-12-10-27(43)19-41/h3-9,11,13-17,20,27,43H,10,12,18-19H2,1-2H3,(H,38,40)/t27-/m1/s1. The first-order valence-electron chi connectivity index (χ1n) is 14.7. The highest BCUT2D eigenvalue weighted by Crippen LogP contribution is 2.39. The van der Waals surface area contributed by atoms with Gasteiger partial charge in [-0.3, -0.25) is 14.7 Å². The molecule has 44 heavy (non-hydrogen) atoms. The van der Waals surface area contributed by atoms with Gasteiger partial charge in [0.15, 0.2) is 11.4 Å². The quantitative estimate of drug-likeness (QED) is 0.178. The van der Waals surface area contributed by atoms with E-state index in [9.17, 15) is 9.90 Å². The second-order valence-corrected chi connectivity index (χ2v) is 11.9. The van der Waals surface area contributed by atoms with Crippen molar-refractivity contribution in [3.8, 4) is 22.5 Å². The number of carbonyl (C=O) groups excluding carboxylic acids is 1. The van der Waals surface area contributed by atoms with Crippen LogP contribution in [0.2, 0.25) is 5.02 Å². The molecule has 1 atom stereocenters. The first kappa shape index (κ1) is 28.2. The highest BCUT2D eigenvalue weighted by atomic mass is 35.5. The lowest BCUT2D eigenvalue weighted by molar-refractivity contribution is 0.112. The molecule has 0 aliphatic carbocycles. The van der Waals surface area contributed by atoms with Crippen LogP contribution in [0.25, 0.3) is 44.3 Å². The third-order valence-electron chi connectivity index (χ3n) is 8.52. The number of hydrogen-bond acceptors (Lipinski definition) is 7. The molecule has 1 aliphatic rings. The van der Waals surface area contributed by atoms with Crippen LogP contribution in [-0.2, 0) is 6.54 Å². The van der Waals surface area contributed by atoms with Gasteiger partial charge in [-0.15, -0.1) is 0 Å². The molecule has 7 rings (SSSR count). The molecule has 8 heteroatoms. The van der Waals surface area contributed by atoms with Crippen molar-refractivity contribution in [2.45, 2.75) is 32.9 Å². The second-order valence-electron chi connectivity index (χ2n) is 11.5. The van der Waals surface area contributed by atoms with Crippen molar-refractivity contribution in [2.24, 2.45) is 0 Å². The Morgan fingerprint density at radius 1 is 1.00 bits per heavy atom. The van der Waals surface area contributed by atoms with Gasteiger partial charge < -0.3 is 14.8 Å². The van der Waals surface area contributed by atoms with Crippen LogP contribution < -0.4 is 5.32 Å². The molecule has 1 fully saturated rings. The van der Waals surface area contributed by atoms with Crippen LogP contribution in [0.4, 0.5) is 11.5 Å². The molecule has 0 amide bonds. The van der Waals surface area contributed by atoms with Gasteiger partial charge in [0.2, 0.25) is 0 Å². The van der Waals surface area contributed by atoms with Gasteiger partial charge in [0, 0.05) is 59.6 Å². The molecule has 0 spiro atoms. The molecule has 7 nitrogen and oxygen atoms in total. The van der Waals surface area contributed by atoms with Crippen molar-refractivity contribution in [1.82, 2.24) is 14.9 Å². The third kappa shape index (κ3) is 5.24. The van der Waals surface area contributed by atoms with Crippen molar-refractivity contribution >= 4 is 51.3 Å². The number of rotatable bonds is 7. The van der Waals surface area contributed by atoms with Crippen LogP contribution in [0.5, 0.6) is 0 Å². The van der Waals surface area contributed by atoms with E-state index in [1.807, 2.05) is 36.5 Å². The normalized spacial score (nSPS) is 15.3. The molecule has 0 bridgehead atoms. The molecule has 4 heterocycles. The number of halogens is 1. The van der Waals surface area contributed by atoms with Crippen molar-refractivity contribution in [2.75, 3.05) is 18.4 Å². The Balaban J connectivity index is 1.20.